The van der Waals surface area contributed by atoms with Gasteiger partial charge in [-0.05, 0) is 44.0 Å². The minimum atomic E-state index is -0.535. The number of benzene rings is 1. The van der Waals surface area contributed by atoms with Crippen molar-refractivity contribution in [3.63, 3.8) is 0 Å². The molecule has 2 heterocycles. The first-order valence-electron chi connectivity index (χ1n) is 7.54. The number of rotatable bonds is 3. The molecule has 6 heteroatoms. The van der Waals surface area contributed by atoms with Crippen molar-refractivity contribution in [3.05, 3.63) is 53.4 Å². The van der Waals surface area contributed by atoms with E-state index in [1.165, 1.54) is 19.2 Å². The van der Waals surface area contributed by atoms with E-state index in [9.17, 15) is 9.18 Å². The summed E-state index contributed by atoms with van der Waals surface area (Å²) in [4.78, 5) is 23.0. The second kappa shape index (κ2) is 6.32. The molecule has 1 amide bonds. The van der Waals surface area contributed by atoms with Crippen LogP contribution in [0.2, 0.25) is 0 Å². The van der Waals surface area contributed by atoms with Crippen LogP contribution in [0.4, 0.5) is 4.39 Å². The smallest absolute Gasteiger partial charge is 0.254 e. The molecular formula is C17H18FN3O2. The number of hydrogen-bond acceptors (Lipinski definition) is 4. The van der Waals surface area contributed by atoms with Crippen LogP contribution in [-0.2, 0) is 0 Å². The predicted octanol–water partition coefficient (Wildman–Crippen LogP) is 2.91. The highest BCUT2D eigenvalue weighted by Gasteiger charge is 2.31. The van der Waals surface area contributed by atoms with Gasteiger partial charge in [0.2, 0.25) is 0 Å². The van der Waals surface area contributed by atoms with Gasteiger partial charge in [0, 0.05) is 18.3 Å². The average molecular weight is 315 g/mol. The number of carbonyl (C=O) groups is 1. The second-order valence-electron chi connectivity index (χ2n) is 5.53. The van der Waals surface area contributed by atoms with E-state index in [4.69, 9.17) is 4.74 Å². The molecule has 0 spiro atoms. The van der Waals surface area contributed by atoms with Gasteiger partial charge in [0.25, 0.3) is 5.91 Å². The van der Waals surface area contributed by atoms with Crippen molar-refractivity contribution in [3.8, 4) is 5.75 Å². The summed E-state index contributed by atoms with van der Waals surface area (Å²) < 4.78 is 18.7. The Hall–Kier alpha value is -2.50. The zero-order valence-corrected chi connectivity index (χ0v) is 13.1. The van der Waals surface area contributed by atoms with Gasteiger partial charge in [-0.15, -0.1) is 0 Å². The standard InChI is InChI=1S/C17H18FN3O2/c1-11-19-8-7-14(20-11)15-4-3-9-21(15)17(22)12-5-6-16(23-2)13(18)10-12/h5-8,10,15H,3-4,9H2,1-2H3/t15-/m1/s1. The second-order valence-corrected chi connectivity index (χ2v) is 5.53. The number of halogens is 1. The van der Waals surface area contributed by atoms with Crippen LogP contribution in [0.5, 0.6) is 5.75 Å². The van der Waals surface area contributed by atoms with Crippen LogP contribution >= 0.6 is 0 Å². The van der Waals surface area contributed by atoms with Crippen LogP contribution in [0, 0.1) is 12.7 Å². The molecule has 23 heavy (non-hydrogen) atoms. The SMILES string of the molecule is COc1ccc(C(=O)N2CCC[C@@H]2c2ccnc(C)n2)cc1F. The van der Waals surface area contributed by atoms with Gasteiger partial charge < -0.3 is 9.64 Å². The zero-order valence-electron chi connectivity index (χ0n) is 13.1. The van der Waals surface area contributed by atoms with Gasteiger partial charge in [-0.3, -0.25) is 4.79 Å². The van der Waals surface area contributed by atoms with Crippen molar-refractivity contribution in [2.45, 2.75) is 25.8 Å². The normalized spacial score (nSPS) is 17.3. The fourth-order valence-electron chi connectivity index (χ4n) is 2.94. The molecule has 3 rings (SSSR count). The lowest BCUT2D eigenvalue weighted by Gasteiger charge is -2.24. The average Bonchev–Trinajstić information content (AvgIpc) is 3.03. The molecule has 0 N–H and O–H groups in total. The number of methoxy groups -OCH3 is 1. The van der Waals surface area contributed by atoms with Gasteiger partial charge in [-0.1, -0.05) is 0 Å². The minimum absolute atomic E-state index is 0.0886. The van der Waals surface area contributed by atoms with E-state index in [-0.39, 0.29) is 17.7 Å². The number of aryl methyl sites for hydroxylation is 1. The molecule has 1 aliphatic heterocycles. The summed E-state index contributed by atoms with van der Waals surface area (Å²) in [5, 5.41) is 0. The molecule has 0 radical (unpaired) electrons. The van der Waals surface area contributed by atoms with Gasteiger partial charge in [-0.25, -0.2) is 14.4 Å². The third-order valence-corrected chi connectivity index (χ3v) is 4.05. The lowest BCUT2D eigenvalue weighted by atomic mass is 10.1. The molecule has 1 aromatic carbocycles. The Morgan fingerprint density at radius 3 is 2.91 bits per heavy atom. The minimum Gasteiger partial charge on any atom is -0.494 e. The van der Waals surface area contributed by atoms with E-state index in [2.05, 4.69) is 9.97 Å². The van der Waals surface area contributed by atoms with Crippen molar-refractivity contribution in [1.82, 2.24) is 14.9 Å². The first kappa shape index (κ1) is 15.4. The third kappa shape index (κ3) is 3.02. The Balaban J connectivity index is 1.87. The Kier molecular flexibility index (Phi) is 4.23. The Morgan fingerprint density at radius 1 is 1.39 bits per heavy atom. The number of likely N-dealkylation sites (tertiary alicyclic amines) is 1. The number of aromatic nitrogens is 2. The molecule has 0 bridgehead atoms. The molecule has 1 atom stereocenters. The molecule has 120 valence electrons. The van der Waals surface area contributed by atoms with Gasteiger partial charge in [0.15, 0.2) is 11.6 Å². The fraction of sp³-hybridized carbons (Fsp3) is 0.353. The van der Waals surface area contributed by atoms with Crippen LogP contribution in [-0.4, -0.2) is 34.4 Å². The fourth-order valence-corrected chi connectivity index (χ4v) is 2.94. The molecule has 1 aliphatic rings. The van der Waals surface area contributed by atoms with Crippen LogP contribution in [0.3, 0.4) is 0 Å². The summed E-state index contributed by atoms with van der Waals surface area (Å²) in [6.07, 6.45) is 3.45. The Labute approximate surface area is 134 Å². The number of carbonyl (C=O) groups excluding carboxylic acids is 1. The maximum atomic E-state index is 13.9. The maximum absolute atomic E-state index is 13.9. The lowest BCUT2D eigenvalue weighted by Crippen LogP contribution is -2.31. The van der Waals surface area contributed by atoms with E-state index in [1.807, 2.05) is 13.0 Å². The largest absolute Gasteiger partial charge is 0.494 e. The topological polar surface area (TPSA) is 55.3 Å². The molecule has 2 aromatic rings. The predicted molar refractivity (Wildman–Crippen MR) is 82.7 cm³/mol. The highest BCUT2D eigenvalue weighted by atomic mass is 19.1. The molecule has 1 aromatic heterocycles. The van der Waals surface area contributed by atoms with Crippen LogP contribution in [0.15, 0.2) is 30.5 Å². The van der Waals surface area contributed by atoms with E-state index < -0.39 is 5.82 Å². The van der Waals surface area contributed by atoms with Crippen LogP contribution in [0.25, 0.3) is 0 Å². The van der Waals surface area contributed by atoms with Crippen molar-refractivity contribution in [2.24, 2.45) is 0 Å². The summed E-state index contributed by atoms with van der Waals surface area (Å²) >= 11 is 0. The number of amides is 1. The molecule has 0 unspecified atom stereocenters. The summed E-state index contributed by atoms with van der Waals surface area (Å²) in [7, 11) is 1.40. The monoisotopic (exact) mass is 315 g/mol. The van der Waals surface area contributed by atoms with Gasteiger partial charge in [-0.2, -0.15) is 0 Å². The highest BCUT2D eigenvalue weighted by Crippen LogP contribution is 2.32. The maximum Gasteiger partial charge on any atom is 0.254 e. The molecule has 5 nitrogen and oxygen atoms in total. The molecule has 0 aliphatic carbocycles. The number of ether oxygens (including phenoxy) is 1. The van der Waals surface area contributed by atoms with Crippen molar-refractivity contribution < 1.29 is 13.9 Å². The summed E-state index contributed by atoms with van der Waals surface area (Å²) in [5.41, 5.74) is 1.15. The van der Waals surface area contributed by atoms with Crippen molar-refractivity contribution in [2.75, 3.05) is 13.7 Å². The molecule has 1 fully saturated rings. The summed E-state index contributed by atoms with van der Waals surface area (Å²) in [6.45, 7) is 2.46. The Bertz CT molecular complexity index is 736. The van der Waals surface area contributed by atoms with Crippen LogP contribution < -0.4 is 4.74 Å². The van der Waals surface area contributed by atoms with Gasteiger partial charge >= 0.3 is 0 Å². The molecular weight excluding hydrogens is 297 g/mol. The first-order valence-corrected chi connectivity index (χ1v) is 7.54. The first-order chi connectivity index (χ1) is 11.1. The van der Waals surface area contributed by atoms with Crippen molar-refractivity contribution in [1.29, 1.82) is 0 Å². The van der Waals surface area contributed by atoms with Gasteiger partial charge in [0.1, 0.15) is 5.82 Å². The Morgan fingerprint density at radius 2 is 2.22 bits per heavy atom. The van der Waals surface area contributed by atoms with E-state index >= 15 is 0 Å². The number of hydrogen-bond donors (Lipinski definition) is 0. The van der Waals surface area contributed by atoms with Crippen molar-refractivity contribution >= 4 is 5.91 Å². The van der Waals surface area contributed by atoms with E-state index in [0.29, 0.717) is 17.9 Å². The van der Waals surface area contributed by atoms with Crippen LogP contribution in [0.1, 0.15) is 40.8 Å². The summed E-state index contributed by atoms with van der Waals surface area (Å²) in [5.74, 6) is 0.0838. The number of nitrogens with zero attached hydrogens (tertiary/aromatic N) is 3. The lowest BCUT2D eigenvalue weighted by molar-refractivity contribution is 0.0732. The zero-order chi connectivity index (χ0) is 16.4. The third-order valence-electron chi connectivity index (χ3n) is 4.05. The molecule has 0 saturated carbocycles. The van der Waals surface area contributed by atoms with E-state index in [0.717, 1.165) is 18.5 Å². The van der Waals surface area contributed by atoms with E-state index in [1.54, 1.807) is 17.2 Å². The molecule has 1 saturated heterocycles. The highest BCUT2D eigenvalue weighted by molar-refractivity contribution is 5.94. The summed E-state index contributed by atoms with van der Waals surface area (Å²) in [6, 6.07) is 6.03. The van der Waals surface area contributed by atoms with Gasteiger partial charge in [0.05, 0.1) is 18.8 Å². The quantitative estimate of drug-likeness (QED) is 0.874.